The predicted octanol–water partition coefficient (Wildman–Crippen LogP) is 3.39. The molecule has 1 unspecified atom stereocenters. The van der Waals surface area contributed by atoms with Crippen LogP contribution in [0.3, 0.4) is 0 Å². The Morgan fingerprint density at radius 1 is 1.47 bits per heavy atom. The number of alkyl halides is 2. The molecule has 0 amide bonds. The van der Waals surface area contributed by atoms with E-state index in [1.54, 1.807) is 6.20 Å². The van der Waals surface area contributed by atoms with Crippen LogP contribution in [0.2, 0.25) is 0 Å². The van der Waals surface area contributed by atoms with Crippen molar-refractivity contribution >= 4 is 6.21 Å². The number of rotatable bonds is 4. The third-order valence-electron chi connectivity index (χ3n) is 2.42. The number of pyridine rings is 1. The summed E-state index contributed by atoms with van der Waals surface area (Å²) in [4.78, 5) is 7.71. The van der Waals surface area contributed by atoms with E-state index in [2.05, 4.69) is 9.98 Å². The summed E-state index contributed by atoms with van der Waals surface area (Å²) in [7, 11) is 1.48. The Bertz CT molecular complexity index is 425. The molecular weight excluding hydrogens is 222 g/mol. The number of aromatic nitrogens is 1. The Morgan fingerprint density at radius 2 is 2.18 bits per heavy atom. The van der Waals surface area contributed by atoms with Gasteiger partial charge in [-0.3, -0.25) is 9.98 Å². The average Bonchev–Trinajstić information content (AvgIpc) is 2.28. The van der Waals surface area contributed by atoms with Gasteiger partial charge in [-0.1, -0.05) is 13.0 Å². The van der Waals surface area contributed by atoms with Crippen molar-refractivity contribution in [1.29, 1.82) is 0 Å². The van der Waals surface area contributed by atoms with E-state index in [1.165, 1.54) is 19.3 Å². The molecule has 0 aliphatic heterocycles. The van der Waals surface area contributed by atoms with Gasteiger partial charge in [-0.2, -0.15) is 0 Å². The number of hydrogen-bond donors (Lipinski definition) is 0. The molecule has 17 heavy (non-hydrogen) atoms. The second-order valence-electron chi connectivity index (χ2n) is 3.87. The fraction of sp³-hybridized carbons (Fsp3) is 0.385. The Labute approximate surface area is 100 Å². The van der Waals surface area contributed by atoms with Crippen LogP contribution in [-0.4, -0.2) is 24.7 Å². The van der Waals surface area contributed by atoms with E-state index in [0.29, 0.717) is 0 Å². The van der Waals surface area contributed by atoms with Gasteiger partial charge in [0.25, 0.3) is 6.43 Å². The van der Waals surface area contributed by atoms with Crippen molar-refractivity contribution in [2.45, 2.75) is 26.2 Å². The molecule has 92 valence electrons. The first-order valence-electron chi connectivity index (χ1n) is 5.39. The molecular formula is C13H16F2N2. The molecule has 0 bridgehead atoms. The fourth-order valence-corrected chi connectivity index (χ4v) is 1.56. The summed E-state index contributed by atoms with van der Waals surface area (Å²) < 4.78 is 25.3. The molecule has 0 saturated heterocycles. The summed E-state index contributed by atoms with van der Waals surface area (Å²) in [6.07, 6.45) is 1.93. The smallest absolute Gasteiger partial charge is 0.265 e. The van der Waals surface area contributed by atoms with Gasteiger partial charge in [0.05, 0.1) is 0 Å². The molecule has 1 atom stereocenters. The molecule has 0 fully saturated rings. The van der Waals surface area contributed by atoms with Crippen molar-refractivity contribution in [2.75, 3.05) is 7.05 Å². The fourth-order valence-electron chi connectivity index (χ4n) is 1.56. The van der Waals surface area contributed by atoms with Gasteiger partial charge in [-0.05, 0) is 30.5 Å². The molecule has 0 N–H and O–H groups in total. The molecule has 0 aromatic carbocycles. The van der Waals surface area contributed by atoms with Crippen molar-refractivity contribution in [1.82, 2.24) is 4.98 Å². The van der Waals surface area contributed by atoms with Crippen LogP contribution in [0.15, 0.2) is 35.0 Å². The van der Waals surface area contributed by atoms with Crippen molar-refractivity contribution in [3.63, 3.8) is 0 Å². The van der Waals surface area contributed by atoms with Gasteiger partial charge in [0.1, 0.15) is 0 Å². The summed E-state index contributed by atoms with van der Waals surface area (Å²) in [5.74, 6) is -0.0845. The second kappa shape index (κ2) is 6.23. The largest absolute Gasteiger partial charge is 0.296 e. The summed E-state index contributed by atoms with van der Waals surface area (Å²) in [5, 5.41) is 0. The second-order valence-corrected chi connectivity index (χ2v) is 3.87. The van der Waals surface area contributed by atoms with Gasteiger partial charge in [0.15, 0.2) is 0 Å². The highest BCUT2D eigenvalue weighted by Gasteiger charge is 2.11. The first-order chi connectivity index (χ1) is 8.04. The zero-order valence-corrected chi connectivity index (χ0v) is 10.2. The monoisotopic (exact) mass is 238 g/mol. The van der Waals surface area contributed by atoms with Crippen molar-refractivity contribution < 1.29 is 8.78 Å². The van der Waals surface area contributed by atoms with Crippen molar-refractivity contribution in [3.05, 3.63) is 41.2 Å². The van der Waals surface area contributed by atoms with Gasteiger partial charge < -0.3 is 0 Å². The minimum absolute atomic E-state index is 0.0468. The zero-order chi connectivity index (χ0) is 12.8. The van der Waals surface area contributed by atoms with Crippen LogP contribution in [0.25, 0.3) is 0 Å². The van der Waals surface area contributed by atoms with E-state index >= 15 is 0 Å². The van der Waals surface area contributed by atoms with Gasteiger partial charge >= 0.3 is 0 Å². The molecule has 0 radical (unpaired) electrons. The molecule has 1 aromatic heterocycles. The van der Waals surface area contributed by atoms with E-state index in [4.69, 9.17) is 0 Å². The third-order valence-corrected chi connectivity index (χ3v) is 2.42. The van der Waals surface area contributed by atoms with Crippen LogP contribution in [0.5, 0.6) is 0 Å². The van der Waals surface area contributed by atoms with Gasteiger partial charge in [-0.25, -0.2) is 8.78 Å². The van der Waals surface area contributed by atoms with E-state index in [-0.39, 0.29) is 11.5 Å². The number of halogens is 2. The maximum Gasteiger partial charge on any atom is 0.265 e. The van der Waals surface area contributed by atoms with Crippen molar-refractivity contribution in [2.24, 2.45) is 4.99 Å². The minimum Gasteiger partial charge on any atom is -0.296 e. The van der Waals surface area contributed by atoms with E-state index < -0.39 is 6.43 Å². The average molecular weight is 238 g/mol. The highest BCUT2D eigenvalue weighted by molar-refractivity contribution is 5.79. The Kier molecular flexibility index (Phi) is 4.94. The molecule has 1 aromatic rings. The third kappa shape index (κ3) is 4.06. The lowest BCUT2D eigenvalue weighted by Crippen LogP contribution is -2.02. The molecule has 4 heteroatoms. The summed E-state index contributed by atoms with van der Waals surface area (Å²) in [6.45, 7) is 3.75. The molecule has 2 nitrogen and oxygen atoms in total. The standard InChI is InChI=1S/C13H16F2N2/c1-9(6-12(8-16-3)13(14)15)11-4-5-17-10(2)7-11/h4-9,13H,1-3H3/b12-6+,16-8?. The van der Waals surface area contributed by atoms with Crippen LogP contribution in [0.1, 0.15) is 24.1 Å². The Morgan fingerprint density at radius 3 is 2.71 bits per heavy atom. The van der Waals surface area contributed by atoms with Crippen LogP contribution in [0.4, 0.5) is 8.78 Å². The molecule has 0 aliphatic carbocycles. The minimum atomic E-state index is -2.50. The number of aryl methyl sites for hydroxylation is 1. The number of nitrogens with zero attached hydrogens (tertiary/aromatic N) is 2. The van der Waals surface area contributed by atoms with Crippen LogP contribution < -0.4 is 0 Å². The van der Waals surface area contributed by atoms with E-state index in [0.717, 1.165) is 11.3 Å². The molecule has 1 rings (SSSR count). The summed E-state index contributed by atoms with van der Waals surface area (Å²) in [5.41, 5.74) is 1.81. The number of allylic oxidation sites excluding steroid dienone is 2. The van der Waals surface area contributed by atoms with E-state index in [1.807, 2.05) is 26.0 Å². The quantitative estimate of drug-likeness (QED) is 0.738. The topological polar surface area (TPSA) is 25.2 Å². The summed E-state index contributed by atoms with van der Waals surface area (Å²) in [6, 6.07) is 3.73. The Hall–Kier alpha value is -1.58. The first-order valence-corrected chi connectivity index (χ1v) is 5.39. The number of hydrogen-bond acceptors (Lipinski definition) is 2. The van der Waals surface area contributed by atoms with Crippen LogP contribution in [-0.2, 0) is 0 Å². The maximum atomic E-state index is 12.7. The van der Waals surface area contributed by atoms with Crippen LogP contribution >= 0.6 is 0 Å². The maximum absolute atomic E-state index is 12.7. The Balaban J connectivity index is 2.96. The van der Waals surface area contributed by atoms with Crippen LogP contribution in [0, 0.1) is 6.92 Å². The zero-order valence-electron chi connectivity index (χ0n) is 10.2. The molecule has 0 saturated carbocycles. The van der Waals surface area contributed by atoms with Gasteiger partial charge in [-0.15, -0.1) is 0 Å². The number of aliphatic imine (C=N–C) groups is 1. The molecule has 0 aliphatic rings. The molecule has 0 spiro atoms. The highest BCUT2D eigenvalue weighted by atomic mass is 19.3. The van der Waals surface area contributed by atoms with E-state index in [9.17, 15) is 8.78 Å². The van der Waals surface area contributed by atoms with Gasteiger partial charge in [0.2, 0.25) is 0 Å². The lowest BCUT2D eigenvalue weighted by Gasteiger charge is -2.09. The lowest BCUT2D eigenvalue weighted by atomic mass is 9.99. The highest BCUT2D eigenvalue weighted by Crippen LogP contribution is 2.20. The predicted molar refractivity (Wildman–Crippen MR) is 65.9 cm³/mol. The normalized spacial score (nSPS) is 14.6. The van der Waals surface area contributed by atoms with Gasteiger partial charge in [0, 0.05) is 30.7 Å². The SMILES string of the molecule is CN=C/C(=C\C(C)c1ccnc(C)c1)C(F)F. The first kappa shape index (κ1) is 13.5. The molecule has 1 heterocycles. The summed E-state index contributed by atoms with van der Waals surface area (Å²) >= 11 is 0. The van der Waals surface area contributed by atoms with Crippen molar-refractivity contribution in [3.8, 4) is 0 Å². The lowest BCUT2D eigenvalue weighted by molar-refractivity contribution is 0.197.